The fourth-order valence-corrected chi connectivity index (χ4v) is 1.77. The van der Waals surface area contributed by atoms with Crippen LogP contribution >= 0.6 is 0 Å². The number of halogens is 3. The van der Waals surface area contributed by atoms with Crippen molar-refractivity contribution in [2.45, 2.75) is 12.4 Å². The van der Waals surface area contributed by atoms with Crippen molar-refractivity contribution in [2.75, 3.05) is 33.7 Å². The zero-order valence-corrected chi connectivity index (χ0v) is 11.6. The van der Waals surface area contributed by atoms with Gasteiger partial charge in [-0.1, -0.05) is 18.2 Å². The van der Waals surface area contributed by atoms with Gasteiger partial charge in [-0.25, -0.2) is 0 Å². The molecule has 0 aliphatic rings. The number of nitrogens with one attached hydrogen (secondary N) is 1. The molecular weight excluding hydrogens is 271 g/mol. The van der Waals surface area contributed by atoms with E-state index in [1.807, 2.05) is 19.0 Å². The van der Waals surface area contributed by atoms with Crippen molar-refractivity contribution >= 4 is 0 Å². The number of nitrogens with two attached hydrogens (primary N) is 1. The minimum Gasteiger partial charge on any atom is -0.405 e. The van der Waals surface area contributed by atoms with E-state index in [9.17, 15) is 13.2 Å². The summed E-state index contributed by atoms with van der Waals surface area (Å²) in [5, 5.41) is 3.13. The van der Waals surface area contributed by atoms with Gasteiger partial charge in [0.2, 0.25) is 0 Å². The molecule has 7 heteroatoms. The highest BCUT2D eigenvalue weighted by Gasteiger charge is 2.32. The zero-order chi connectivity index (χ0) is 15.2. The van der Waals surface area contributed by atoms with E-state index in [4.69, 9.17) is 5.73 Å². The third-order valence-electron chi connectivity index (χ3n) is 2.71. The monoisotopic (exact) mass is 291 g/mol. The summed E-state index contributed by atoms with van der Waals surface area (Å²) in [5.41, 5.74) is 6.05. The average Bonchev–Trinajstić information content (AvgIpc) is 2.33. The molecule has 0 saturated heterocycles. The number of hydrogen-bond donors (Lipinski definition) is 2. The van der Waals surface area contributed by atoms with Crippen molar-refractivity contribution in [3.05, 3.63) is 29.8 Å². The van der Waals surface area contributed by atoms with Crippen LogP contribution in [0.15, 0.2) is 24.3 Å². The fraction of sp³-hybridized carbons (Fsp3) is 0.538. The smallest absolute Gasteiger partial charge is 0.405 e. The van der Waals surface area contributed by atoms with Crippen LogP contribution < -0.4 is 15.8 Å². The van der Waals surface area contributed by atoms with Crippen LogP contribution in [0.2, 0.25) is 0 Å². The lowest BCUT2D eigenvalue weighted by Gasteiger charge is -2.22. The lowest BCUT2D eigenvalue weighted by molar-refractivity contribution is -0.275. The minimum atomic E-state index is -4.71. The molecule has 0 spiro atoms. The predicted octanol–water partition coefficient (Wildman–Crippen LogP) is 1.74. The van der Waals surface area contributed by atoms with Crippen molar-refractivity contribution in [1.82, 2.24) is 10.2 Å². The maximum atomic E-state index is 12.4. The van der Waals surface area contributed by atoms with Crippen LogP contribution in [0.25, 0.3) is 0 Å². The summed E-state index contributed by atoms with van der Waals surface area (Å²) in [7, 11) is 3.83. The first kappa shape index (κ1) is 16.7. The third kappa shape index (κ3) is 5.77. The Morgan fingerprint density at radius 2 is 1.95 bits per heavy atom. The van der Waals surface area contributed by atoms with E-state index < -0.39 is 6.36 Å². The number of likely N-dealkylation sites (N-methyl/N-ethyl adjacent to an activating group) is 1. The molecule has 114 valence electrons. The number of ether oxygens (including phenoxy) is 1. The summed E-state index contributed by atoms with van der Waals surface area (Å²) in [6.45, 7) is 1.57. The molecule has 1 unspecified atom stereocenters. The van der Waals surface area contributed by atoms with Crippen LogP contribution in [-0.4, -0.2) is 45.0 Å². The summed E-state index contributed by atoms with van der Waals surface area (Å²) in [6, 6.07) is 5.65. The summed E-state index contributed by atoms with van der Waals surface area (Å²) in [5.74, 6) is -0.215. The van der Waals surface area contributed by atoms with Crippen molar-refractivity contribution < 1.29 is 17.9 Å². The maximum Gasteiger partial charge on any atom is 0.573 e. The molecule has 0 bridgehead atoms. The van der Waals surface area contributed by atoms with E-state index >= 15 is 0 Å². The topological polar surface area (TPSA) is 50.5 Å². The van der Waals surface area contributed by atoms with Gasteiger partial charge in [-0.3, -0.25) is 0 Å². The lowest BCUT2D eigenvalue weighted by Crippen LogP contribution is -2.34. The van der Waals surface area contributed by atoms with Crippen molar-refractivity contribution in [3.63, 3.8) is 0 Å². The quantitative estimate of drug-likeness (QED) is 0.803. The number of hydrogen-bond acceptors (Lipinski definition) is 4. The number of rotatable bonds is 7. The highest BCUT2D eigenvalue weighted by atomic mass is 19.4. The number of benzene rings is 1. The molecule has 0 aliphatic heterocycles. The fourth-order valence-electron chi connectivity index (χ4n) is 1.77. The SMILES string of the molecule is CN(C)CCNC(CN)c1ccccc1OC(F)(F)F. The summed E-state index contributed by atoms with van der Waals surface area (Å²) >= 11 is 0. The number of alkyl halides is 3. The second kappa shape index (κ2) is 7.47. The maximum absolute atomic E-state index is 12.4. The molecule has 0 heterocycles. The molecule has 0 amide bonds. The van der Waals surface area contributed by atoms with E-state index in [1.165, 1.54) is 12.1 Å². The molecule has 1 atom stereocenters. The summed E-state index contributed by atoms with van der Waals surface area (Å²) < 4.78 is 41.1. The Labute approximate surface area is 116 Å². The van der Waals surface area contributed by atoms with Gasteiger partial charge in [0.25, 0.3) is 0 Å². The highest BCUT2D eigenvalue weighted by Crippen LogP contribution is 2.29. The first-order valence-corrected chi connectivity index (χ1v) is 6.26. The Morgan fingerprint density at radius 1 is 1.30 bits per heavy atom. The Kier molecular flexibility index (Phi) is 6.25. The molecule has 0 radical (unpaired) electrons. The van der Waals surface area contributed by atoms with Crippen LogP contribution in [0.4, 0.5) is 13.2 Å². The third-order valence-corrected chi connectivity index (χ3v) is 2.71. The van der Waals surface area contributed by atoms with E-state index in [2.05, 4.69) is 10.1 Å². The normalized spacial score (nSPS) is 13.6. The Bertz CT molecular complexity index is 410. The molecule has 0 aromatic heterocycles. The van der Waals surface area contributed by atoms with Crippen LogP contribution in [0.1, 0.15) is 11.6 Å². The van der Waals surface area contributed by atoms with Gasteiger partial charge in [0.05, 0.1) is 0 Å². The molecule has 1 rings (SSSR count). The molecule has 4 nitrogen and oxygen atoms in total. The molecule has 1 aromatic carbocycles. The van der Waals surface area contributed by atoms with Crippen molar-refractivity contribution in [1.29, 1.82) is 0 Å². The van der Waals surface area contributed by atoms with Crippen LogP contribution in [0.5, 0.6) is 5.75 Å². The summed E-state index contributed by atoms with van der Waals surface area (Å²) in [6.07, 6.45) is -4.71. The molecule has 20 heavy (non-hydrogen) atoms. The molecule has 0 saturated carbocycles. The molecule has 0 fully saturated rings. The summed E-state index contributed by atoms with van der Waals surface area (Å²) in [4.78, 5) is 1.97. The molecule has 1 aromatic rings. The van der Waals surface area contributed by atoms with Gasteiger partial charge in [-0.2, -0.15) is 0 Å². The zero-order valence-electron chi connectivity index (χ0n) is 11.6. The predicted molar refractivity (Wildman–Crippen MR) is 71.5 cm³/mol. The van der Waals surface area contributed by atoms with E-state index in [-0.39, 0.29) is 18.3 Å². The molecule has 3 N–H and O–H groups in total. The molecule has 0 aliphatic carbocycles. The second-order valence-electron chi connectivity index (χ2n) is 4.63. The minimum absolute atomic E-state index is 0.186. The van der Waals surface area contributed by atoms with E-state index in [0.29, 0.717) is 12.1 Å². The van der Waals surface area contributed by atoms with Gasteiger partial charge < -0.3 is 20.7 Å². The Balaban J connectivity index is 2.80. The molecular formula is C13H20F3N3O. The van der Waals surface area contributed by atoms with Crippen LogP contribution in [0.3, 0.4) is 0 Å². The van der Waals surface area contributed by atoms with E-state index in [1.54, 1.807) is 12.1 Å². The Hall–Kier alpha value is -1.31. The van der Waals surface area contributed by atoms with Crippen LogP contribution in [-0.2, 0) is 0 Å². The average molecular weight is 291 g/mol. The van der Waals surface area contributed by atoms with Crippen molar-refractivity contribution in [3.8, 4) is 5.75 Å². The van der Waals surface area contributed by atoms with Gasteiger partial charge >= 0.3 is 6.36 Å². The standard InChI is InChI=1S/C13H20F3N3O/c1-19(2)8-7-18-11(9-17)10-5-3-4-6-12(10)20-13(14,15)16/h3-6,11,18H,7-9,17H2,1-2H3. The number of para-hydroxylation sites is 1. The van der Waals surface area contributed by atoms with Crippen molar-refractivity contribution in [2.24, 2.45) is 5.73 Å². The van der Waals surface area contributed by atoms with Gasteiger partial charge in [0.15, 0.2) is 0 Å². The number of nitrogens with zero attached hydrogens (tertiary/aromatic N) is 1. The first-order valence-electron chi connectivity index (χ1n) is 6.26. The second-order valence-corrected chi connectivity index (χ2v) is 4.63. The first-order chi connectivity index (χ1) is 9.33. The Morgan fingerprint density at radius 3 is 2.50 bits per heavy atom. The van der Waals surface area contributed by atoms with Gasteiger partial charge in [-0.05, 0) is 20.2 Å². The van der Waals surface area contributed by atoms with Gasteiger partial charge in [0.1, 0.15) is 5.75 Å². The highest BCUT2D eigenvalue weighted by molar-refractivity contribution is 5.36. The van der Waals surface area contributed by atoms with Gasteiger partial charge in [-0.15, -0.1) is 13.2 Å². The largest absolute Gasteiger partial charge is 0.573 e. The lowest BCUT2D eigenvalue weighted by atomic mass is 10.1. The van der Waals surface area contributed by atoms with E-state index in [0.717, 1.165) is 6.54 Å². The van der Waals surface area contributed by atoms with Crippen LogP contribution in [0, 0.1) is 0 Å². The van der Waals surface area contributed by atoms with Gasteiger partial charge in [0, 0.05) is 31.2 Å².